The van der Waals surface area contributed by atoms with E-state index in [4.69, 9.17) is 0 Å². The number of hydrogen-bond donors (Lipinski definition) is 1. The monoisotopic (exact) mass is 208 g/mol. The number of nitrogens with one attached hydrogen (secondary N) is 1. The number of nitrogens with zero attached hydrogens (tertiary/aromatic N) is 1. The molecular formula is C11H16N2S. The molecule has 2 nitrogen and oxygen atoms in total. The molecule has 1 aromatic rings. The molecule has 0 saturated carbocycles. The van der Waals surface area contributed by atoms with E-state index in [-0.39, 0.29) is 0 Å². The average Bonchev–Trinajstić information content (AvgIpc) is 2.62. The first-order chi connectivity index (χ1) is 6.75. The minimum atomic E-state index is 0.642. The Hall–Kier alpha value is -0.700. The number of pyridine rings is 1. The summed E-state index contributed by atoms with van der Waals surface area (Å²) in [6.45, 7) is 4.10. The molecule has 1 aromatic heterocycles. The van der Waals surface area contributed by atoms with Gasteiger partial charge >= 0.3 is 0 Å². The highest BCUT2D eigenvalue weighted by atomic mass is 32.2. The van der Waals surface area contributed by atoms with Crippen molar-refractivity contribution in [2.45, 2.75) is 26.3 Å². The highest BCUT2D eigenvalue weighted by Crippen LogP contribution is 2.22. The van der Waals surface area contributed by atoms with Gasteiger partial charge in [-0.1, -0.05) is 0 Å². The molecule has 1 aliphatic heterocycles. The van der Waals surface area contributed by atoms with Gasteiger partial charge in [-0.2, -0.15) is 11.8 Å². The molecule has 2 heterocycles. The molecule has 0 aromatic carbocycles. The molecule has 1 unspecified atom stereocenters. The minimum Gasteiger partial charge on any atom is -0.380 e. The van der Waals surface area contributed by atoms with Gasteiger partial charge in [-0.25, -0.2) is 0 Å². The molecule has 1 aliphatic rings. The van der Waals surface area contributed by atoms with Crippen LogP contribution >= 0.6 is 11.8 Å². The molecule has 0 bridgehead atoms. The van der Waals surface area contributed by atoms with Crippen LogP contribution in [0.3, 0.4) is 0 Å². The predicted octanol–water partition coefficient (Wildman–Crippen LogP) is 2.62. The third-order valence-electron chi connectivity index (χ3n) is 2.51. The lowest BCUT2D eigenvalue weighted by Crippen LogP contribution is -2.19. The van der Waals surface area contributed by atoms with Gasteiger partial charge in [0, 0.05) is 17.5 Å². The molecule has 2 rings (SSSR count). The number of rotatable bonds is 2. The molecule has 1 atom stereocenters. The van der Waals surface area contributed by atoms with E-state index in [0.29, 0.717) is 6.04 Å². The van der Waals surface area contributed by atoms with Gasteiger partial charge in [0.15, 0.2) is 0 Å². The summed E-state index contributed by atoms with van der Waals surface area (Å²) in [6, 6.07) is 4.85. The molecule has 76 valence electrons. The van der Waals surface area contributed by atoms with Crippen LogP contribution in [-0.4, -0.2) is 22.5 Å². The Morgan fingerprint density at radius 3 is 2.93 bits per heavy atom. The predicted molar refractivity (Wildman–Crippen MR) is 63.1 cm³/mol. The van der Waals surface area contributed by atoms with Gasteiger partial charge < -0.3 is 5.32 Å². The van der Waals surface area contributed by atoms with Crippen LogP contribution in [0.2, 0.25) is 0 Å². The largest absolute Gasteiger partial charge is 0.380 e. The number of aromatic nitrogens is 1. The standard InChI is InChI=1S/C11H16N2S/c1-8-3-4-11(9(2)12-8)13-10-5-6-14-7-10/h3-4,10,13H,5-7H2,1-2H3. The quantitative estimate of drug-likeness (QED) is 0.808. The van der Waals surface area contributed by atoms with Gasteiger partial charge in [-0.15, -0.1) is 0 Å². The summed E-state index contributed by atoms with van der Waals surface area (Å²) in [5, 5.41) is 3.55. The summed E-state index contributed by atoms with van der Waals surface area (Å²) in [6.07, 6.45) is 1.28. The summed E-state index contributed by atoms with van der Waals surface area (Å²) in [5.41, 5.74) is 3.40. The van der Waals surface area contributed by atoms with E-state index < -0.39 is 0 Å². The van der Waals surface area contributed by atoms with E-state index >= 15 is 0 Å². The number of aryl methyl sites for hydroxylation is 2. The maximum absolute atomic E-state index is 4.45. The first-order valence-corrected chi connectivity index (χ1v) is 6.20. The van der Waals surface area contributed by atoms with E-state index in [2.05, 4.69) is 29.4 Å². The molecule has 0 aliphatic carbocycles. The summed E-state index contributed by atoms with van der Waals surface area (Å²) in [5.74, 6) is 2.52. The van der Waals surface area contributed by atoms with Gasteiger partial charge in [-0.05, 0) is 38.2 Å². The van der Waals surface area contributed by atoms with E-state index in [1.807, 2.05) is 18.7 Å². The van der Waals surface area contributed by atoms with Crippen LogP contribution in [0, 0.1) is 13.8 Å². The molecule has 1 saturated heterocycles. The van der Waals surface area contributed by atoms with Crippen molar-refractivity contribution in [1.82, 2.24) is 4.98 Å². The van der Waals surface area contributed by atoms with Crippen molar-refractivity contribution < 1.29 is 0 Å². The van der Waals surface area contributed by atoms with E-state index in [0.717, 1.165) is 11.4 Å². The lowest BCUT2D eigenvalue weighted by Gasteiger charge is -2.14. The van der Waals surface area contributed by atoms with Gasteiger partial charge in [0.1, 0.15) is 0 Å². The smallest absolute Gasteiger partial charge is 0.0606 e. The second kappa shape index (κ2) is 4.22. The minimum absolute atomic E-state index is 0.642. The van der Waals surface area contributed by atoms with Crippen molar-refractivity contribution in [3.8, 4) is 0 Å². The molecule has 0 amide bonds. The van der Waals surface area contributed by atoms with E-state index in [1.54, 1.807) is 0 Å². The lowest BCUT2D eigenvalue weighted by atomic mass is 10.2. The fraction of sp³-hybridized carbons (Fsp3) is 0.545. The van der Waals surface area contributed by atoms with Crippen LogP contribution in [-0.2, 0) is 0 Å². The van der Waals surface area contributed by atoms with Crippen LogP contribution < -0.4 is 5.32 Å². The van der Waals surface area contributed by atoms with Gasteiger partial charge in [0.2, 0.25) is 0 Å². The van der Waals surface area contributed by atoms with E-state index in [9.17, 15) is 0 Å². The first-order valence-electron chi connectivity index (χ1n) is 5.04. The molecular weight excluding hydrogens is 192 g/mol. The van der Waals surface area contributed by atoms with Crippen LogP contribution in [0.1, 0.15) is 17.8 Å². The Morgan fingerprint density at radius 2 is 2.29 bits per heavy atom. The Labute approximate surface area is 89.5 Å². The highest BCUT2D eigenvalue weighted by molar-refractivity contribution is 7.99. The fourth-order valence-corrected chi connectivity index (χ4v) is 2.86. The lowest BCUT2D eigenvalue weighted by molar-refractivity contribution is 0.809. The average molecular weight is 208 g/mol. The number of anilines is 1. The molecule has 0 radical (unpaired) electrons. The molecule has 1 fully saturated rings. The van der Waals surface area contributed by atoms with Crippen molar-refractivity contribution in [2.75, 3.05) is 16.8 Å². The normalized spacial score (nSPS) is 21.1. The van der Waals surface area contributed by atoms with Crippen LogP contribution in [0.4, 0.5) is 5.69 Å². The number of hydrogen-bond acceptors (Lipinski definition) is 3. The second-order valence-electron chi connectivity index (χ2n) is 3.79. The van der Waals surface area contributed by atoms with Gasteiger partial charge in [-0.3, -0.25) is 4.98 Å². The van der Waals surface area contributed by atoms with E-state index in [1.165, 1.54) is 23.6 Å². The van der Waals surface area contributed by atoms with Crippen LogP contribution in [0.25, 0.3) is 0 Å². The Balaban J connectivity index is 2.08. The van der Waals surface area contributed by atoms with Crippen molar-refractivity contribution in [2.24, 2.45) is 0 Å². The van der Waals surface area contributed by atoms with Gasteiger partial charge in [0.05, 0.1) is 11.4 Å². The van der Waals surface area contributed by atoms with Crippen molar-refractivity contribution in [3.63, 3.8) is 0 Å². The maximum atomic E-state index is 4.45. The summed E-state index contributed by atoms with van der Waals surface area (Å²) >= 11 is 2.03. The molecule has 14 heavy (non-hydrogen) atoms. The second-order valence-corrected chi connectivity index (χ2v) is 4.94. The van der Waals surface area contributed by atoms with Crippen molar-refractivity contribution in [3.05, 3.63) is 23.5 Å². The Morgan fingerprint density at radius 1 is 1.43 bits per heavy atom. The zero-order valence-corrected chi connectivity index (χ0v) is 9.53. The topological polar surface area (TPSA) is 24.9 Å². The SMILES string of the molecule is Cc1ccc(NC2CCSC2)c(C)n1. The van der Waals surface area contributed by atoms with Crippen molar-refractivity contribution in [1.29, 1.82) is 0 Å². The zero-order chi connectivity index (χ0) is 9.97. The molecule has 3 heteroatoms. The Bertz CT molecular complexity index is 319. The fourth-order valence-electron chi connectivity index (χ4n) is 1.71. The molecule has 0 spiro atoms. The Kier molecular flexibility index (Phi) is 2.96. The highest BCUT2D eigenvalue weighted by Gasteiger charge is 2.15. The zero-order valence-electron chi connectivity index (χ0n) is 8.71. The summed E-state index contributed by atoms with van der Waals surface area (Å²) < 4.78 is 0. The van der Waals surface area contributed by atoms with Crippen LogP contribution in [0.15, 0.2) is 12.1 Å². The first kappa shape index (κ1) is 9.84. The van der Waals surface area contributed by atoms with Crippen LogP contribution in [0.5, 0.6) is 0 Å². The maximum Gasteiger partial charge on any atom is 0.0606 e. The third kappa shape index (κ3) is 2.21. The summed E-state index contributed by atoms with van der Waals surface area (Å²) in [7, 11) is 0. The summed E-state index contributed by atoms with van der Waals surface area (Å²) in [4.78, 5) is 4.45. The van der Waals surface area contributed by atoms with Gasteiger partial charge in [0.25, 0.3) is 0 Å². The number of thioether (sulfide) groups is 1. The van der Waals surface area contributed by atoms with Crippen molar-refractivity contribution >= 4 is 17.4 Å². The molecule has 1 N–H and O–H groups in total. The third-order valence-corrected chi connectivity index (χ3v) is 3.68.